The summed E-state index contributed by atoms with van der Waals surface area (Å²) in [6, 6.07) is 1.96. The maximum absolute atomic E-state index is 5.36. The second-order valence-corrected chi connectivity index (χ2v) is 2.70. The standard InChI is InChI=1S/C7H10N2O.ClH/c8-4-6-3-7(10-9-6)5-1-2-5;/h3,5H,1-2,4,8H2;1H. The summed E-state index contributed by atoms with van der Waals surface area (Å²) in [5, 5.41) is 3.80. The van der Waals surface area contributed by atoms with E-state index in [2.05, 4.69) is 5.16 Å². The van der Waals surface area contributed by atoms with Crippen LogP contribution < -0.4 is 5.73 Å². The summed E-state index contributed by atoms with van der Waals surface area (Å²) in [5.74, 6) is 1.66. The van der Waals surface area contributed by atoms with Crippen LogP contribution in [-0.4, -0.2) is 5.16 Å². The number of halogens is 1. The summed E-state index contributed by atoms with van der Waals surface area (Å²) in [6.07, 6.45) is 2.50. The lowest BCUT2D eigenvalue weighted by Gasteiger charge is -1.80. The molecule has 0 aliphatic heterocycles. The van der Waals surface area contributed by atoms with E-state index in [1.165, 1.54) is 12.8 Å². The molecule has 0 saturated heterocycles. The van der Waals surface area contributed by atoms with Crippen molar-refractivity contribution in [3.8, 4) is 0 Å². The molecule has 1 aliphatic carbocycles. The fraction of sp³-hybridized carbons (Fsp3) is 0.571. The van der Waals surface area contributed by atoms with Gasteiger partial charge in [0.25, 0.3) is 0 Å². The predicted molar refractivity (Wildman–Crippen MR) is 43.6 cm³/mol. The number of aromatic nitrogens is 1. The molecule has 1 saturated carbocycles. The van der Waals surface area contributed by atoms with Gasteiger partial charge >= 0.3 is 0 Å². The van der Waals surface area contributed by atoms with Gasteiger partial charge in [0.2, 0.25) is 0 Å². The zero-order valence-corrected chi connectivity index (χ0v) is 6.93. The fourth-order valence-corrected chi connectivity index (χ4v) is 0.985. The minimum Gasteiger partial charge on any atom is -0.361 e. The first kappa shape index (κ1) is 8.56. The Labute approximate surface area is 71.3 Å². The average molecular weight is 175 g/mol. The number of hydrogen-bond donors (Lipinski definition) is 1. The molecule has 0 atom stereocenters. The molecule has 0 bridgehead atoms. The van der Waals surface area contributed by atoms with Crippen molar-refractivity contribution in [2.24, 2.45) is 5.73 Å². The van der Waals surface area contributed by atoms with Crippen molar-refractivity contribution in [1.82, 2.24) is 5.16 Å². The molecule has 3 nitrogen and oxygen atoms in total. The van der Waals surface area contributed by atoms with Crippen LogP contribution in [0.2, 0.25) is 0 Å². The Morgan fingerprint density at radius 1 is 1.64 bits per heavy atom. The number of nitrogens with two attached hydrogens (primary N) is 1. The van der Waals surface area contributed by atoms with Crippen LogP contribution in [0.15, 0.2) is 10.6 Å². The second kappa shape index (κ2) is 3.24. The van der Waals surface area contributed by atoms with Gasteiger partial charge in [0.1, 0.15) is 5.76 Å². The van der Waals surface area contributed by atoms with Crippen LogP contribution >= 0.6 is 12.4 Å². The molecular weight excluding hydrogens is 164 g/mol. The maximum atomic E-state index is 5.36. The third kappa shape index (κ3) is 1.73. The van der Waals surface area contributed by atoms with Crippen molar-refractivity contribution in [1.29, 1.82) is 0 Å². The van der Waals surface area contributed by atoms with Gasteiger partial charge in [0.05, 0.1) is 5.69 Å². The monoisotopic (exact) mass is 174 g/mol. The predicted octanol–water partition coefficient (Wildman–Crippen LogP) is 1.43. The van der Waals surface area contributed by atoms with Crippen molar-refractivity contribution >= 4 is 12.4 Å². The molecular formula is C7H11ClN2O. The molecule has 4 heteroatoms. The van der Waals surface area contributed by atoms with Crippen molar-refractivity contribution in [2.45, 2.75) is 25.3 Å². The van der Waals surface area contributed by atoms with Crippen molar-refractivity contribution < 1.29 is 4.52 Å². The van der Waals surface area contributed by atoms with Gasteiger partial charge in [-0.1, -0.05) is 5.16 Å². The quantitative estimate of drug-likeness (QED) is 0.738. The molecule has 1 aromatic rings. The van der Waals surface area contributed by atoms with Gasteiger partial charge in [-0.3, -0.25) is 0 Å². The summed E-state index contributed by atoms with van der Waals surface area (Å²) in [4.78, 5) is 0. The first-order chi connectivity index (χ1) is 4.90. The average Bonchev–Trinajstić information content (AvgIpc) is 2.70. The molecule has 1 fully saturated rings. The third-order valence-electron chi connectivity index (χ3n) is 1.77. The van der Waals surface area contributed by atoms with Crippen LogP contribution in [0.1, 0.15) is 30.2 Å². The summed E-state index contributed by atoms with van der Waals surface area (Å²) in [5.41, 5.74) is 6.22. The second-order valence-electron chi connectivity index (χ2n) is 2.70. The number of nitrogens with zero attached hydrogens (tertiary/aromatic N) is 1. The van der Waals surface area contributed by atoms with Crippen LogP contribution in [0, 0.1) is 0 Å². The Hall–Kier alpha value is -0.540. The van der Waals surface area contributed by atoms with E-state index in [-0.39, 0.29) is 12.4 Å². The van der Waals surface area contributed by atoms with Crippen LogP contribution in [-0.2, 0) is 6.54 Å². The van der Waals surface area contributed by atoms with Gasteiger partial charge in [0.15, 0.2) is 0 Å². The van der Waals surface area contributed by atoms with Crippen LogP contribution in [0.5, 0.6) is 0 Å². The lowest BCUT2D eigenvalue weighted by atomic mass is 10.3. The molecule has 2 N–H and O–H groups in total. The first-order valence-corrected chi connectivity index (χ1v) is 3.55. The maximum Gasteiger partial charge on any atom is 0.140 e. The lowest BCUT2D eigenvalue weighted by Crippen LogP contribution is -1.94. The molecule has 0 spiro atoms. The van der Waals surface area contributed by atoms with E-state index in [1.54, 1.807) is 0 Å². The van der Waals surface area contributed by atoms with Crippen molar-refractivity contribution in [2.75, 3.05) is 0 Å². The molecule has 1 aromatic heterocycles. The Bertz CT molecular complexity index is 232. The molecule has 11 heavy (non-hydrogen) atoms. The highest BCUT2D eigenvalue weighted by molar-refractivity contribution is 5.85. The summed E-state index contributed by atoms with van der Waals surface area (Å²) >= 11 is 0. The van der Waals surface area contributed by atoms with Crippen LogP contribution in [0.25, 0.3) is 0 Å². The number of rotatable bonds is 2. The minimum absolute atomic E-state index is 0. The summed E-state index contributed by atoms with van der Waals surface area (Å²) < 4.78 is 5.05. The van der Waals surface area contributed by atoms with E-state index < -0.39 is 0 Å². The largest absolute Gasteiger partial charge is 0.361 e. The molecule has 1 aliphatic rings. The van der Waals surface area contributed by atoms with E-state index in [1.807, 2.05) is 6.07 Å². The number of hydrogen-bond acceptors (Lipinski definition) is 3. The summed E-state index contributed by atoms with van der Waals surface area (Å²) in [7, 11) is 0. The van der Waals surface area contributed by atoms with E-state index in [9.17, 15) is 0 Å². The van der Waals surface area contributed by atoms with Gasteiger partial charge in [-0.25, -0.2) is 0 Å². The topological polar surface area (TPSA) is 52.0 Å². The van der Waals surface area contributed by atoms with Gasteiger partial charge in [-0.05, 0) is 12.8 Å². The summed E-state index contributed by atoms with van der Waals surface area (Å²) in [6.45, 7) is 0.482. The van der Waals surface area contributed by atoms with E-state index in [0.29, 0.717) is 12.5 Å². The molecule has 62 valence electrons. The van der Waals surface area contributed by atoms with E-state index in [4.69, 9.17) is 10.3 Å². The molecule has 0 amide bonds. The highest BCUT2D eigenvalue weighted by Gasteiger charge is 2.27. The van der Waals surface area contributed by atoms with Gasteiger partial charge < -0.3 is 10.3 Å². The van der Waals surface area contributed by atoms with Crippen LogP contribution in [0.3, 0.4) is 0 Å². The van der Waals surface area contributed by atoms with Gasteiger partial charge in [-0.15, -0.1) is 12.4 Å². The Morgan fingerprint density at radius 3 is 2.82 bits per heavy atom. The van der Waals surface area contributed by atoms with E-state index >= 15 is 0 Å². The molecule has 0 unspecified atom stereocenters. The van der Waals surface area contributed by atoms with Crippen molar-refractivity contribution in [3.63, 3.8) is 0 Å². The normalized spacial score (nSPS) is 16.1. The van der Waals surface area contributed by atoms with Crippen LogP contribution in [0.4, 0.5) is 0 Å². The van der Waals surface area contributed by atoms with Gasteiger partial charge in [0, 0.05) is 18.5 Å². The zero-order chi connectivity index (χ0) is 6.97. The first-order valence-electron chi connectivity index (χ1n) is 3.55. The van der Waals surface area contributed by atoms with Gasteiger partial charge in [-0.2, -0.15) is 0 Å². The minimum atomic E-state index is 0. The Balaban J connectivity index is 0.000000605. The SMILES string of the molecule is Cl.NCc1cc(C2CC2)on1. The Kier molecular flexibility index (Phi) is 2.52. The molecule has 1 heterocycles. The molecule has 0 aromatic carbocycles. The highest BCUT2D eigenvalue weighted by atomic mass is 35.5. The van der Waals surface area contributed by atoms with E-state index in [0.717, 1.165) is 11.5 Å². The zero-order valence-electron chi connectivity index (χ0n) is 6.12. The Morgan fingerprint density at radius 2 is 2.36 bits per heavy atom. The third-order valence-corrected chi connectivity index (χ3v) is 1.77. The smallest absolute Gasteiger partial charge is 0.140 e. The van der Waals surface area contributed by atoms with Crippen molar-refractivity contribution in [3.05, 3.63) is 17.5 Å². The lowest BCUT2D eigenvalue weighted by molar-refractivity contribution is 0.378. The highest BCUT2D eigenvalue weighted by Crippen LogP contribution is 2.40. The molecule has 0 radical (unpaired) electrons. The molecule has 2 rings (SSSR count). The fourth-order valence-electron chi connectivity index (χ4n) is 0.985.